The summed E-state index contributed by atoms with van der Waals surface area (Å²) in [6.45, 7) is 3.92. The Balaban J connectivity index is 1.64. The predicted molar refractivity (Wildman–Crippen MR) is 162 cm³/mol. The van der Waals surface area contributed by atoms with E-state index in [0.29, 0.717) is 42.9 Å². The van der Waals surface area contributed by atoms with Crippen molar-refractivity contribution in [3.63, 3.8) is 0 Å². The van der Waals surface area contributed by atoms with Gasteiger partial charge in [-0.25, -0.2) is 9.79 Å². The van der Waals surface area contributed by atoms with E-state index in [1.54, 1.807) is 45.2 Å². The maximum absolute atomic E-state index is 14.1. The number of ether oxygens (including phenoxy) is 4. The van der Waals surface area contributed by atoms with Crippen LogP contribution < -0.4 is 29.1 Å². The van der Waals surface area contributed by atoms with Gasteiger partial charge in [0, 0.05) is 27.8 Å². The molecule has 1 aromatic heterocycles. The van der Waals surface area contributed by atoms with Crippen molar-refractivity contribution in [3.8, 4) is 17.2 Å². The smallest absolute Gasteiger partial charge is 0.338 e. The Labute approximate surface area is 251 Å². The van der Waals surface area contributed by atoms with Gasteiger partial charge in [-0.2, -0.15) is 0 Å². The fourth-order valence-electron chi connectivity index (χ4n) is 4.77. The third-order valence-corrected chi connectivity index (χ3v) is 8.15. The summed E-state index contributed by atoms with van der Waals surface area (Å²) in [5, 5.41) is 0.616. The molecule has 0 N–H and O–H groups in total. The number of nitrogens with zero attached hydrogens (tertiary/aromatic N) is 2. The maximum atomic E-state index is 14.1. The van der Waals surface area contributed by atoms with E-state index in [1.807, 2.05) is 48.5 Å². The minimum Gasteiger partial charge on any atom is -0.497 e. The Morgan fingerprint density at radius 1 is 1.05 bits per heavy atom. The van der Waals surface area contributed by atoms with Crippen LogP contribution >= 0.6 is 22.9 Å². The average molecular weight is 605 g/mol. The summed E-state index contributed by atoms with van der Waals surface area (Å²) in [5.74, 6) is 1.09. The van der Waals surface area contributed by atoms with Crippen molar-refractivity contribution in [2.24, 2.45) is 4.99 Å². The van der Waals surface area contributed by atoms with E-state index < -0.39 is 12.0 Å². The number of rotatable bonds is 9. The Hall–Kier alpha value is -4.34. The highest BCUT2D eigenvalue weighted by molar-refractivity contribution is 7.07. The van der Waals surface area contributed by atoms with Gasteiger partial charge in [-0.3, -0.25) is 9.36 Å². The van der Waals surface area contributed by atoms with Gasteiger partial charge in [-0.05, 0) is 44.2 Å². The van der Waals surface area contributed by atoms with E-state index in [0.717, 1.165) is 11.1 Å². The highest BCUT2D eigenvalue weighted by atomic mass is 35.5. The van der Waals surface area contributed by atoms with Crippen LogP contribution in [0.25, 0.3) is 6.08 Å². The lowest BCUT2D eigenvalue weighted by molar-refractivity contribution is -0.139. The van der Waals surface area contributed by atoms with Crippen LogP contribution in [0.2, 0.25) is 5.02 Å². The van der Waals surface area contributed by atoms with E-state index >= 15 is 0 Å². The van der Waals surface area contributed by atoms with Crippen LogP contribution in [0.15, 0.2) is 87.8 Å². The second-order valence-corrected chi connectivity index (χ2v) is 10.7. The molecule has 0 fully saturated rings. The number of aromatic nitrogens is 1. The summed E-state index contributed by atoms with van der Waals surface area (Å²) < 4.78 is 24.5. The van der Waals surface area contributed by atoms with Crippen LogP contribution in [0.4, 0.5) is 0 Å². The number of esters is 1. The Bertz CT molecular complexity index is 1860. The molecule has 2 heterocycles. The molecule has 1 aliphatic heterocycles. The minimum absolute atomic E-state index is 0.178. The van der Waals surface area contributed by atoms with Gasteiger partial charge >= 0.3 is 5.97 Å². The second-order valence-electron chi connectivity index (χ2n) is 9.33. The largest absolute Gasteiger partial charge is 0.497 e. The number of fused-ring (bicyclic) bond motifs is 1. The highest BCUT2D eigenvalue weighted by Gasteiger charge is 2.35. The second kappa shape index (κ2) is 12.7. The molecular weight excluding hydrogens is 576 g/mol. The zero-order valence-corrected chi connectivity index (χ0v) is 25.1. The van der Waals surface area contributed by atoms with E-state index in [9.17, 15) is 9.59 Å². The standard InChI is InChI=1S/C32H29ClN2O6S/c1-5-40-31(37)28-19(2)34-32-35(29(28)23-15-14-22(38-3)17-26(23)39-4)30(36)27(42-32)16-20-10-7-9-13-25(20)41-18-21-11-6-8-12-24(21)33/h6-17,29H,5,18H2,1-4H3/b27-16-/t29-/m0/s1. The highest BCUT2D eigenvalue weighted by Crippen LogP contribution is 2.37. The zero-order valence-electron chi connectivity index (χ0n) is 23.5. The molecule has 0 radical (unpaired) electrons. The van der Waals surface area contributed by atoms with Crippen LogP contribution in [0.3, 0.4) is 0 Å². The molecule has 1 atom stereocenters. The first-order valence-corrected chi connectivity index (χ1v) is 14.4. The van der Waals surface area contributed by atoms with Gasteiger partial charge < -0.3 is 18.9 Å². The first-order valence-electron chi connectivity index (χ1n) is 13.2. The lowest BCUT2D eigenvalue weighted by Gasteiger charge is -2.26. The summed E-state index contributed by atoms with van der Waals surface area (Å²) >= 11 is 7.55. The van der Waals surface area contributed by atoms with Crippen LogP contribution in [0, 0.1) is 0 Å². The average Bonchev–Trinajstić information content (AvgIpc) is 3.30. The topological polar surface area (TPSA) is 88.4 Å². The quantitative estimate of drug-likeness (QED) is 0.249. The van der Waals surface area contributed by atoms with E-state index in [-0.39, 0.29) is 24.3 Å². The number of hydrogen-bond donors (Lipinski definition) is 0. The van der Waals surface area contributed by atoms with Gasteiger partial charge in [0.15, 0.2) is 4.80 Å². The summed E-state index contributed by atoms with van der Waals surface area (Å²) in [7, 11) is 3.09. The van der Waals surface area contributed by atoms with Crippen molar-refractivity contribution in [3.05, 3.63) is 119 Å². The van der Waals surface area contributed by atoms with Crippen molar-refractivity contribution in [1.82, 2.24) is 4.57 Å². The van der Waals surface area contributed by atoms with Gasteiger partial charge in [0.25, 0.3) is 5.56 Å². The van der Waals surface area contributed by atoms with E-state index in [4.69, 9.17) is 30.5 Å². The Kier molecular flexibility index (Phi) is 8.80. The molecule has 0 aliphatic carbocycles. The number of benzene rings is 3. The molecule has 4 aromatic rings. The fourth-order valence-corrected chi connectivity index (χ4v) is 6.00. The summed E-state index contributed by atoms with van der Waals surface area (Å²) in [5.41, 5.74) is 2.59. The molecule has 8 nitrogen and oxygen atoms in total. The molecule has 0 saturated carbocycles. The van der Waals surface area contributed by atoms with Crippen LogP contribution in [-0.2, 0) is 16.1 Å². The van der Waals surface area contributed by atoms with Gasteiger partial charge in [0.05, 0.1) is 36.6 Å². The third kappa shape index (κ3) is 5.70. The predicted octanol–water partition coefficient (Wildman–Crippen LogP) is 5.05. The first-order chi connectivity index (χ1) is 20.4. The van der Waals surface area contributed by atoms with Gasteiger partial charge in [-0.15, -0.1) is 0 Å². The summed E-state index contributed by atoms with van der Waals surface area (Å²) in [6.07, 6.45) is 1.78. The minimum atomic E-state index is -0.824. The fraction of sp³-hybridized carbons (Fsp3) is 0.219. The van der Waals surface area contributed by atoms with E-state index in [2.05, 4.69) is 4.99 Å². The number of hydrogen-bond acceptors (Lipinski definition) is 8. The van der Waals surface area contributed by atoms with Crippen LogP contribution in [0.5, 0.6) is 17.2 Å². The van der Waals surface area contributed by atoms with Crippen LogP contribution in [0.1, 0.15) is 36.6 Å². The Morgan fingerprint density at radius 3 is 2.55 bits per heavy atom. The number of carbonyl (C=O) groups excluding carboxylic acids is 1. The normalized spacial score (nSPS) is 14.7. The molecule has 0 bridgehead atoms. The molecule has 10 heteroatoms. The van der Waals surface area contributed by atoms with Crippen molar-refractivity contribution in [2.45, 2.75) is 26.5 Å². The maximum Gasteiger partial charge on any atom is 0.338 e. The monoisotopic (exact) mass is 604 g/mol. The van der Waals surface area contributed by atoms with Crippen LogP contribution in [-0.4, -0.2) is 31.4 Å². The molecular formula is C32H29ClN2O6S. The Morgan fingerprint density at radius 2 is 1.81 bits per heavy atom. The van der Waals surface area contributed by atoms with Crippen molar-refractivity contribution in [2.75, 3.05) is 20.8 Å². The van der Waals surface area contributed by atoms with Crippen molar-refractivity contribution in [1.29, 1.82) is 0 Å². The van der Waals surface area contributed by atoms with Crippen molar-refractivity contribution >= 4 is 35.0 Å². The molecule has 5 rings (SSSR count). The molecule has 0 amide bonds. The zero-order chi connectivity index (χ0) is 29.8. The van der Waals surface area contributed by atoms with Gasteiger partial charge in [-0.1, -0.05) is 59.3 Å². The number of carbonyl (C=O) groups is 1. The van der Waals surface area contributed by atoms with Crippen molar-refractivity contribution < 1.29 is 23.7 Å². The number of para-hydroxylation sites is 1. The van der Waals surface area contributed by atoms with Gasteiger partial charge in [0.1, 0.15) is 29.9 Å². The lowest BCUT2D eigenvalue weighted by atomic mass is 9.95. The molecule has 42 heavy (non-hydrogen) atoms. The first kappa shape index (κ1) is 29.2. The molecule has 3 aromatic carbocycles. The number of thiazole rings is 1. The molecule has 0 unspecified atom stereocenters. The molecule has 0 spiro atoms. The van der Waals surface area contributed by atoms with E-state index in [1.165, 1.54) is 23.0 Å². The third-order valence-electron chi connectivity index (χ3n) is 6.80. The molecule has 0 saturated heterocycles. The number of halogens is 1. The number of allylic oxidation sites excluding steroid dienone is 1. The van der Waals surface area contributed by atoms with Gasteiger partial charge in [0.2, 0.25) is 0 Å². The molecule has 216 valence electrons. The summed E-state index contributed by atoms with van der Waals surface area (Å²) in [6, 6.07) is 19.4. The SMILES string of the molecule is CCOC(=O)C1=C(C)N=c2s/c(=C\c3ccccc3OCc3ccccc3Cl)c(=O)n2[C@H]1c1ccc(OC)cc1OC. The number of methoxy groups -OCH3 is 2. The lowest BCUT2D eigenvalue weighted by Crippen LogP contribution is -2.40. The summed E-state index contributed by atoms with van der Waals surface area (Å²) in [4.78, 5) is 32.4. The molecule has 1 aliphatic rings.